The van der Waals surface area contributed by atoms with E-state index in [-0.39, 0.29) is 11.9 Å². The van der Waals surface area contributed by atoms with Crippen LogP contribution in [0.3, 0.4) is 0 Å². The maximum Gasteiger partial charge on any atom is 0.329 e. The number of rotatable bonds is 2. The lowest BCUT2D eigenvalue weighted by atomic mass is 10.0. The molecule has 2 rings (SSSR count). The topological polar surface area (TPSA) is 55.4 Å². The molecule has 0 aromatic heterocycles. The molecule has 0 aliphatic carbocycles. The molecule has 0 saturated carbocycles. The molecule has 16 heavy (non-hydrogen) atoms. The molecule has 0 spiro atoms. The molecule has 2 atom stereocenters. The SMILES string of the molecule is CC1OC(=O)[C@H](Cc2ccccc2)NC1=O. The number of carbonyl (C=O) groups is 2. The van der Waals surface area contributed by atoms with Crippen LogP contribution in [-0.4, -0.2) is 24.0 Å². The maximum absolute atomic E-state index is 11.5. The van der Waals surface area contributed by atoms with Crippen LogP contribution in [0.4, 0.5) is 0 Å². The van der Waals surface area contributed by atoms with Gasteiger partial charge in [0.25, 0.3) is 5.91 Å². The predicted molar refractivity (Wildman–Crippen MR) is 57.6 cm³/mol. The van der Waals surface area contributed by atoms with E-state index < -0.39 is 12.1 Å². The average molecular weight is 219 g/mol. The normalized spacial score (nSPS) is 24.8. The first-order chi connectivity index (χ1) is 7.66. The van der Waals surface area contributed by atoms with Crippen LogP contribution in [-0.2, 0) is 20.7 Å². The lowest BCUT2D eigenvalue weighted by Crippen LogP contribution is -2.53. The van der Waals surface area contributed by atoms with Crippen molar-refractivity contribution in [3.63, 3.8) is 0 Å². The molecule has 1 N–H and O–H groups in total. The minimum absolute atomic E-state index is 0.236. The lowest BCUT2D eigenvalue weighted by Gasteiger charge is -2.26. The first kappa shape index (κ1) is 10.7. The van der Waals surface area contributed by atoms with Gasteiger partial charge in [-0.05, 0) is 12.5 Å². The van der Waals surface area contributed by atoms with E-state index in [1.807, 2.05) is 30.3 Å². The Morgan fingerprint density at radius 1 is 1.25 bits per heavy atom. The molecule has 4 nitrogen and oxygen atoms in total. The standard InChI is InChI=1S/C12H13NO3/c1-8-11(14)13-10(12(15)16-8)7-9-5-3-2-4-6-9/h2-6,8,10H,7H2,1H3,(H,13,14)/t8?,10-/m0/s1. The van der Waals surface area contributed by atoms with E-state index in [1.165, 1.54) is 0 Å². The second-order valence-electron chi connectivity index (χ2n) is 3.83. The van der Waals surface area contributed by atoms with Gasteiger partial charge in [-0.2, -0.15) is 0 Å². The van der Waals surface area contributed by atoms with Gasteiger partial charge in [-0.25, -0.2) is 4.79 Å². The first-order valence-electron chi connectivity index (χ1n) is 5.21. The summed E-state index contributed by atoms with van der Waals surface area (Å²) in [6, 6.07) is 8.96. The van der Waals surface area contributed by atoms with Crippen molar-refractivity contribution < 1.29 is 14.3 Å². The number of benzene rings is 1. The number of nitrogens with one attached hydrogen (secondary N) is 1. The van der Waals surface area contributed by atoms with Crippen molar-refractivity contribution in [1.29, 1.82) is 0 Å². The third-order valence-corrected chi connectivity index (χ3v) is 2.55. The van der Waals surface area contributed by atoms with Gasteiger partial charge in [-0.1, -0.05) is 30.3 Å². The van der Waals surface area contributed by atoms with Gasteiger partial charge in [-0.3, -0.25) is 4.79 Å². The lowest BCUT2D eigenvalue weighted by molar-refractivity contribution is -0.164. The van der Waals surface area contributed by atoms with Crippen molar-refractivity contribution in [2.75, 3.05) is 0 Å². The molecule has 1 aliphatic heterocycles. The van der Waals surface area contributed by atoms with Gasteiger partial charge in [0.1, 0.15) is 6.04 Å². The zero-order chi connectivity index (χ0) is 11.5. The van der Waals surface area contributed by atoms with Crippen molar-refractivity contribution in [2.45, 2.75) is 25.5 Å². The molecule has 1 saturated heterocycles. The van der Waals surface area contributed by atoms with Gasteiger partial charge in [0.2, 0.25) is 0 Å². The highest BCUT2D eigenvalue weighted by atomic mass is 16.6. The van der Waals surface area contributed by atoms with Crippen molar-refractivity contribution in [3.05, 3.63) is 35.9 Å². The van der Waals surface area contributed by atoms with E-state index >= 15 is 0 Å². The summed E-state index contributed by atoms with van der Waals surface area (Å²) in [5, 5.41) is 2.65. The van der Waals surface area contributed by atoms with Gasteiger partial charge < -0.3 is 10.1 Å². The largest absolute Gasteiger partial charge is 0.451 e. The second-order valence-corrected chi connectivity index (χ2v) is 3.83. The summed E-state index contributed by atoms with van der Waals surface area (Å²) in [6.45, 7) is 1.56. The fourth-order valence-corrected chi connectivity index (χ4v) is 1.64. The summed E-state index contributed by atoms with van der Waals surface area (Å²) in [6.07, 6.45) is -0.211. The van der Waals surface area contributed by atoms with Crippen LogP contribution in [0.2, 0.25) is 0 Å². The molecular formula is C12H13NO3. The highest BCUT2D eigenvalue weighted by Crippen LogP contribution is 2.09. The van der Waals surface area contributed by atoms with Gasteiger partial charge in [0, 0.05) is 6.42 Å². The number of carbonyl (C=O) groups excluding carboxylic acids is 2. The predicted octanol–water partition coefficient (Wildman–Crippen LogP) is 0.659. The Bertz CT molecular complexity index is 402. The Hall–Kier alpha value is -1.84. The summed E-state index contributed by atoms with van der Waals surface area (Å²) in [7, 11) is 0. The quantitative estimate of drug-likeness (QED) is 0.743. The molecule has 1 aliphatic rings. The van der Waals surface area contributed by atoms with E-state index in [0.29, 0.717) is 6.42 Å². The number of hydrogen-bond donors (Lipinski definition) is 1. The fraction of sp³-hybridized carbons (Fsp3) is 0.333. The summed E-state index contributed by atoms with van der Waals surface area (Å²) < 4.78 is 4.93. The van der Waals surface area contributed by atoms with Crippen LogP contribution >= 0.6 is 0 Å². The molecule has 84 valence electrons. The van der Waals surface area contributed by atoms with E-state index in [2.05, 4.69) is 5.32 Å². The molecule has 1 amide bonds. The number of esters is 1. The van der Waals surface area contributed by atoms with Crippen LogP contribution in [0.5, 0.6) is 0 Å². The molecule has 0 radical (unpaired) electrons. The first-order valence-corrected chi connectivity index (χ1v) is 5.21. The number of cyclic esters (lactones) is 1. The molecule has 1 aromatic rings. The van der Waals surface area contributed by atoms with Crippen molar-refractivity contribution >= 4 is 11.9 Å². The summed E-state index contributed by atoms with van der Waals surface area (Å²) >= 11 is 0. The van der Waals surface area contributed by atoms with Crippen LogP contribution < -0.4 is 5.32 Å². The average Bonchev–Trinajstić information content (AvgIpc) is 2.27. The zero-order valence-corrected chi connectivity index (χ0v) is 8.97. The number of morpholine rings is 1. The molecule has 1 unspecified atom stereocenters. The van der Waals surface area contributed by atoms with E-state index in [9.17, 15) is 9.59 Å². The monoisotopic (exact) mass is 219 g/mol. The Labute approximate surface area is 93.6 Å². The van der Waals surface area contributed by atoms with E-state index in [4.69, 9.17) is 4.74 Å². The molecule has 4 heteroatoms. The van der Waals surface area contributed by atoms with Crippen LogP contribution in [0, 0.1) is 0 Å². The smallest absolute Gasteiger partial charge is 0.329 e. The number of ether oxygens (including phenoxy) is 1. The van der Waals surface area contributed by atoms with Gasteiger partial charge in [-0.15, -0.1) is 0 Å². The maximum atomic E-state index is 11.5. The van der Waals surface area contributed by atoms with Gasteiger partial charge in [0.05, 0.1) is 0 Å². The summed E-state index contributed by atoms with van der Waals surface area (Å²) in [5.74, 6) is -0.600. The van der Waals surface area contributed by atoms with E-state index in [1.54, 1.807) is 6.92 Å². The van der Waals surface area contributed by atoms with Crippen molar-refractivity contribution in [1.82, 2.24) is 5.32 Å². The summed E-state index contributed by atoms with van der Waals surface area (Å²) in [5.41, 5.74) is 0.999. The Morgan fingerprint density at radius 2 is 1.94 bits per heavy atom. The Kier molecular flexibility index (Phi) is 2.90. The Morgan fingerprint density at radius 3 is 2.62 bits per heavy atom. The van der Waals surface area contributed by atoms with Crippen molar-refractivity contribution in [2.24, 2.45) is 0 Å². The third kappa shape index (κ3) is 2.21. The van der Waals surface area contributed by atoms with Crippen LogP contribution in [0.25, 0.3) is 0 Å². The van der Waals surface area contributed by atoms with Crippen LogP contribution in [0.15, 0.2) is 30.3 Å². The van der Waals surface area contributed by atoms with Gasteiger partial charge >= 0.3 is 5.97 Å². The minimum Gasteiger partial charge on any atom is -0.451 e. The van der Waals surface area contributed by atoms with Crippen LogP contribution in [0.1, 0.15) is 12.5 Å². The summed E-state index contributed by atoms with van der Waals surface area (Å²) in [4.78, 5) is 22.9. The molecule has 1 heterocycles. The third-order valence-electron chi connectivity index (χ3n) is 2.55. The molecule has 1 aromatic carbocycles. The number of amides is 1. The molecule has 1 fully saturated rings. The fourth-order valence-electron chi connectivity index (χ4n) is 1.64. The zero-order valence-electron chi connectivity index (χ0n) is 8.97. The van der Waals surface area contributed by atoms with Crippen molar-refractivity contribution in [3.8, 4) is 0 Å². The number of hydrogen-bond acceptors (Lipinski definition) is 3. The van der Waals surface area contributed by atoms with E-state index in [0.717, 1.165) is 5.56 Å². The highest BCUT2D eigenvalue weighted by Gasteiger charge is 2.32. The second kappa shape index (κ2) is 4.35. The molecular weight excluding hydrogens is 206 g/mol. The minimum atomic E-state index is -0.681. The molecule has 0 bridgehead atoms. The highest BCUT2D eigenvalue weighted by molar-refractivity contribution is 5.92. The Balaban J connectivity index is 2.05. The van der Waals surface area contributed by atoms with Gasteiger partial charge in [0.15, 0.2) is 6.10 Å².